The smallest absolute Gasteiger partial charge is 0.255 e. The predicted octanol–water partition coefficient (Wildman–Crippen LogP) is 2.81. The van der Waals surface area contributed by atoms with E-state index in [1.54, 1.807) is 22.7 Å². The van der Waals surface area contributed by atoms with Crippen molar-refractivity contribution in [1.29, 1.82) is 0 Å². The molecular weight excluding hydrogens is 338 g/mol. The Morgan fingerprint density at radius 1 is 1.40 bits per heavy atom. The van der Waals surface area contributed by atoms with Gasteiger partial charge in [0.2, 0.25) is 0 Å². The number of nitrogen functional groups attached to an aromatic ring is 1. The number of imidazole rings is 1. The highest BCUT2D eigenvalue weighted by atomic mass is 35.5. The van der Waals surface area contributed by atoms with E-state index in [2.05, 4.69) is 22.1 Å². The minimum absolute atomic E-state index is 0.124. The molecule has 0 radical (unpaired) electrons. The predicted molar refractivity (Wildman–Crippen MR) is 101 cm³/mol. The number of rotatable bonds is 6. The van der Waals surface area contributed by atoms with Gasteiger partial charge in [0.1, 0.15) is 11.0 Å². The number of likely N-dealkylation sites (tertiary alicyclic amines) is 1. The van der Waals surface area contributed by atoms with Crippen molar-refractivity contribution in [2.45, 2.75) is 32.6 Å². The number of halogens is 1. The zero-order valence-corrected chi connectivity index (χ0v) is 15.4. The summed E-state index contributed by atoms with van der Waals surface area (Å²) in [4.78, 5) is 19.3. The molecular formula is C18H26ClN5O. The second kappa shape index (κ2) is 8.06. The summed E-state index contributed by atoms with van der Waals surface area (Å²) >= 11 is 5.96. The molecule has 1 fully saturated rings. The molecule has 136 valence electrons. The van der Waals surface area contributed by atoms with E-state index >= 15 is 0 Å². The molecule has 0 bridgehead atoms. The Morgan fingerprint density at radius 3 is 2.88 bits per heavy atom. The van der Waals surface area contributed by atoms with E-state index in [9.17, 15) is 4.79 Å². The van der Waals surface area contributed by atoms with Gasteiger partial charge >= 0.3 is 0 Å². The Bertz CT molecular complexity index is 736. The van der Waals surface area contributed by atoms with Crippen LogP contribution in [0.15, 0.2) is 18.3 Å². The van der Waals surface area contributed by atoms with E-state index in [0.717, 1.165) is 25.9 Å². The number of nitrogens with two attached hydrogens (primary N) is 1. The standard InChI is InChI=1S/C18H26ClN5O/c1-2-3-8-23-9-6-13(7-10-23)11-21-18(25)14-4-5-16(20)24-12-15(19)22-17(14)24/h4-5,12-13H,2-3,6-11,20H2,1H3,(H,21,25). The number of hydrogen-bond donors (Lipinski definition) is 2. The molecule has 3 rings (SSSR count). The highest BCUT2D eigenvalue weighted by Crippen LogP contribution is 2.20. The molecule has 2 aromatic heterocycles. The summed E-state index contributed by atoms with van der Waals surface area (Å²) in [6, 6.07) is 3.41. The van der Waals surface area contributed by atoms with Crippen LogP contribution in [0, 0.1) is 5.92 Å². The van der Waals surface area contributed by atoms with E-state index in [0.29, 0.717) is 34.6 Å². The third-order valence-corrected chi connectivity index (χ3v) is 5.13. The Morgan fingerprint density at radius 2 is 2.16 bits per heavy atom. The van der Waals surface area contributed by atoms with Crippen molar-refractivity contribution in [2.24, 2.45) is 5.92 Å². The van der Waals surface area contributed by atoms with Gasteiger partial charge in [-0.05, 0) is 56.9 Å². The fourth-order valence-electron chi connectivity index (χ4n) is 3.37. The van der Waals surface area contributed by atoms with Crippen molar-refractivity contribution in [3.05, 3.63) is 29.0 Å². The molecule has 0 aliphatic carbocycles. The van der Waals surface area contributed by atoms with Gasteiger partial charge in [-0.1, -0.05) is 24.9 Å². The summed E-state index contributed by atoms with van der Waals surface area (Å²) in [5.74, 6) is 0.918. The van der Waals surface area contributed by atoms with E-state index in [1.165, 1.54) is 19.4 Å². The molecule has 0 atom stereocenters. The van der Waals surface area contributed by atoms with Gasteiger partial charge in [-0.3, -0.25) is 9.20 Å². The third-order valence-electron chi connectivity index (χ3n) is 4.95. The zero-order valence-electron chi connectivity index (χ0n) is 14.7. The van der Waals surface area contributed by atoms with E-state index < -0.39 is 0 Å². The Labute approximate surface area is 153 Å². The maximum atomic E-state index is 12.6. The van der Waals surface area contributed by atoms with Crippen molar-refractivity contribution < 1.29 is 4.79 Å². The zero-order chi connectivity index (χ0) is 17.8. The van der Waals surface area contributed by atoms with Gasteiger partial charge in [-0.2, -0.15) is 0 Å². The van der Waals surface area contributed by atoms with Crippen LogP contribution in [0.25, 0.3) is 5.65 Å². The molecule has 1 aliphatic heterocycles. The Hall–Kier alpha value is -1.79. The first-order valence-corrected chi connectivity index (χ1v) is 9.40. The number of carbonyl (C=O) groups is 1. The number of amides is 1. The van der Waals surface area contributed by atoms with Gasteiger partial charge in [0, 0.05) is 12.7 Å². The van der Waals surface area contributed by atoms with E-state index in [4.69, 9.17) is 17.3 Å². The molecule has 25 heavy (non-hydrogen) atoms. The molecule has 0 spiro atoms. The van der Waals surface area contributed by atoms with Gasteiger partial charge in [0.05, 0.1) is 5.56 Å². The van der Waals surface area contributed by atoms with Crippen LogP contribution in [-0.2, 0) is 0 Å². The minimum atomic E-state index is -0.124. The first kappa shape index (κ1) is 18.0. The lowest BCUT2D eigenvalue weighted by molar-refractivity contribution is 0.0937. The van der Waals surface area contributed by atoms with Crippen molar-refractivity contribution in [2.75, 3.05) is 31.9 Å². The number of unbranched alkanes of at least 4 members (excludes halogenated alkanes) is 1. The molecule has 1 aliphatic rings. The number of aromatic nitrogens is 2. The van der Waals surface area contributed by atoms with Crippen molar-refractivity contribution in [1.82, 2.24) is 19.6 Å². The van der Waals surface area contributed by atoms with Gasteiger partial charge in [-0.15, -0.1) is 0 Å². The summed E-state index contributed by atoms with van der Waals surface area (Å²) in [7, 11) is 0. The molecule has 2 aromatic rings. The molecule has 0 saturated carbocycles. The van der Waals surface area contributed by atoms with Crippen LogP contribution in [0.5, 0.6) is 0 Å². The maximum absolute atomic E-state index is 12.6. The van der Waals surface area contributed by atoms with Crippen LogP contribution < -0.4 is 11.1 Å². The summed E-state index contributed by atoms with van der Waals surface area (Å²) in [5.41, 5.74) is 6.90. The molecule has 3 heterocycles. The van der Waals surface area contributed by atoms with Gasteiger partial charge < -0.3 is 16.0 Å². The molecule has 1 saturated heterocycles. The summed E-state index contributed by atoms with van der Waals surface area (Å²) in [5, 5.41) is 3.38. The summed E-state index contributed by atoms with van der Waals surface area (Å²) < 4.78 is 1.64. The highest BCUT2D eigenvalue weighted by Gasteiger charge is 2.20. The van der Waals surface area contributed by atoms with E-state index in [1.807, 2.05) is 0 Å². The fraction of sp³-hybridized carbons (Fsp3) is 0.556. The minimum Gasteiger partial charge on any atom is -0.385 e. The van der Waals surface area contributed by atoms with Crippen molar-refractivity contribution >= 4 is 29.0 Å². The number of nitrogens with zero attached hydrogens (tertiary/aromatic N) is 3. The molecule has 1 amide bonds. The second-order valence-electron chi connectivity index (χ2n) is 6.78. The monoisotopic (exact) mass is 363 g/mol. The largest absolute Gasteiger partial charge is 0.385 e. The first-order chi connectivity index (χ1) is 12.1. The lowest BCUT2D eigenvalue weighted by atomic mass is 9.96. The number of piperidine rings is 1. The van der Waals surface area contributed by atoms with Crippen molar-refractivity contribution in [3.8, 4) is 0 Å². The lowest BCUT2D eigenvalue weighted by Crippen LogP contribution is -2.39. The molecule has 3 N–H and O–H groups in total. The van der Waals surface area contributed by atoms with Crippen LogP contribution in [-0.4, -0.2) is 46.4 Å². The van der Waals surface area contributed by atoms with Crippen molar-refractivity contribution in [3.63, 3.8) is 0 Å². The number of carbonyl (C=O) groups excluding carboxylic acids is 1. The summed E-state index contributed by atoms with van der Waals surface area (Å²) in [6.07, 6.45) is 6.40. The average Bonchev–Trinajstić information content (AvgIpc) is 3.01. The molecule has 0 unspecified atom stereocenters. The van der Waals surface area contributed by atoms with Crippen LogP contribution in [0.1, 0.15) is 43.0 Å². The van der Waals surface area contributed by atoms with E-state index in [-0.39, 0.29) is 5.91 Å². The quantitative estimate of drug-likeness (QED) is 0.827. The third kappa shape index (κ3) is 4.25. The van der Waals surface area contributed by atoms with Gasteiger partial charge in [0.25, 0.3) is 5.91 Å². The Kier molecular flexibility index (Phi) is 5.81. The molecule has 6 nitrogen and oxygen atoms in total. The van der Waals surface area contributed by atoms with Crippen LogP contribution in [0.3, 0.4) is 0 Å². The second-order valence-corrected chi connectivity index (χ2v) is 7.16. The number of fused-ring (bicyclic) bond motifs is 1. The average molecular weight is 364 g/mol. The topological polar surface area (TPSA) is 75.7 Å². The van der Waals surface area contributed by atoms with Gasteiger partial charge in [0.15, 0.2) is 5.65 Å². The van der Waals surface area contributed by atoms with Crippen LogP contribution >= 0.6 is 11.6 Å². The molecule has 7 heteroatoms. The highest BCUT2D eigenvalue weighted by molar-refractivity contribution is 6.29. The normalized spacial score (nSPS) is 16.4. The van der Waals surface area contributed by atoms with Crippen LogP contribution in [0.4, 0.5) is 5.82 Å². The number of hydrogen-bond acceptors (Lipinski definition) is 4. The SMILES string of the molecule is CCCCN1CCC(CNC(=O)c2ccc(N)n3cc(Cl)nc23)CC1. The van der Waals surface area contributed by atoms with Crippen LogP contribution in [0.2, 0.25) is 5.15 Å². The maximum Gasteiger partial charge on any atom is 0.255 e. The fourth-order valence-corrected chi connectivity index (χ4v) is 3.54. The molecule has 0 aromatic carbocycles. The number of anilines is 1. The number of pyridine rings is 1. The lowest BCUT2D eigenvalue weighted by Gasteiger charge is -2.31. The summed E-state index contributed by atoms with van der Waals surface area (Å²) in [6.45, 7) is 6.37. The van der Waals surface area contributed by atoms with Gasteiger partial charge in [-0.25, -0.2) is 4.98 Å². The number of nitrogens with one attached hydrogen (secondary N) is 1. The Balaban J connectivity index is 1.56. The first-order valence-electron chi connectivity index (χ1n) is 9.02.